The van der Waals surface area contributed by atoms with Crippen LogP contribution in [-0.4, -0.2) is 38.7 Å². The zero-order valence-corrected chi connectivity index (χ0v) is 16.6. The number of rotatable bonds is 5. The van der Waals surface area contributed by atoms with E-state index in [1.807, 2.05) is 19.1 Å². The van der Waals surface area contributed by atoms with Gasteiger partial charge < -0.3 is 10.6 Å². The molecule has 0 aromatic heterocycles. The highest BCUT2D eigenvalue weighted by Crippen LogP contribution is 2.41. The first-order chi connectivity index (χ1) is 12.4. The van der Waals surface area contributed by atoms with Gasteiger partial charge in [-0.05, 0) is 75.7 Å². The monoisotopic (exact) mass is 378 g/mol. The quantitative estimate of drug-likeness (QED) is 0.825. The lowest BCUT2D eigenvalue weighted by Gasteiger charge is -2.30. The summed E-state index contributed by atoms with van der Waals surface area (Å²) < 4.78 is 25.8. The number of carbonyl (C=O) groups excluding carboxylic acids is 1. The van der Waals surface area contributed by atoms with Crippen LogP contribution in [0.3, 0.4) is 0 Å². The van der Waals surface area contributed by atoms with Gasteiger partial charge in [-0.25, -0.2) is 8.42 Å². The van der Waals surface area contributed by atoms with Gasteiger partial charge >= 0.3 is 0 Å². The van der Waals surface area contributed by atoms with E-state index < -0.39 is 14.6 Å². The fourth-order valence-electron chi connectivity index (χ4n) is 4.27. The van der Waals surface area contributed by atoms with E-state index in [9.17, 15) is 13.2 Å². The first kappa shape index (κ1) is 19.4. The molecule has 2 N–H and O–H groups in total. The van der Waals surface area contributed by atoms with Crippen molar-refractivity contribution in [3.05, 3.63) is 29.3 Å². The van der Waals surface area contributed by atoms with E-state index in [0.717, 1.165) is 44.3 Å². The molecule has 5 nitrogen and oxygen atoms in total. The van der Waals surface area contributed by atoms with Crippen molar-refractivity contribution in [2.75, 3.05) is 19.6 Å². The molecule has 3 rings (SSSR count). The lowest BCUT2D eigenvalue weighted by atomic mass is 9.99. The van der Waals surface area contributed by atoms with Crippen LogP contribution in [0.1, 0.15) is 49.7 Å². The lowest BCUT2D eigenvalue weighted by Crippen LogP contribution is -2.52. The van der Waals surface area contributed by atoms with Crippen LogP contribution in [0.25, 0.3) is 0 Å². The van der Waals surface area contributed by atoms with Crippen molar-refractivity contribution in [3.8, 4) is 0 Å². The Morgan fingerprint density at radius 3 is 2.62 bits per heavy atom. The largest absolute Gasteiger partial charge is 0.354 e. The van der Waals surface area contributed by atoms with Crippen LogP contribution in [-0.2, 0) is 14.6 Å². The molecule has 0 spiro atoms. The van der Waals surface area contributed by atoms with Crippen LogP contribution >= 0.6 is 0 Å². The molecule has 2 aliphatic rings. The molecule has 1 saturated carbocycles. The highest BCUT2D eigenvalue weighted by atomic mass is 32.2. The number of benzene rings is 1. The molecular weight excluding hydrogens is 348 g/mol. The average molecular weight is 379 g/mol. The van der Waals surface area contributed by atoms with E-state index in [-0.39, 0.29) is 5.91 Å². The molecule has 1 aliphatic carbocycles. The summed E-state index contributed by atoms with van der Waals surface area (Å²) in [5.41, 5.74) is 1.61. The summed E-state index contributed by atoms with van der Waals surface area (Å²) in [5, 5.41) is 6.32. The number of amides is 1. The van der Waals surface area contributed by atoms with Gasteiger partial charge in [0.15, 0.2) is 14.6 Å². The standard InChI is InChI=1S/C20H30N2O3S/c1-15-7-8-16(2)18(12-15)26(24,25)20(9-3-4-10-20)19(23)22-14-17-6-5-11-21-13-17/h7-8,12,17,21H,3-6,9-11,13-14H2,1-2H3,(H,22,23). The third kappa shape index (κ3) is 3.54. The van der Waals surface area contributed by atoms with Crippen LogP contribution in [0.4, 0.5) is 0 Å². The summed E-state index contributed by atoms with van der Waals surface area (Å²) in [6.07, 6.45) is 4.57. The summed E-state index contributed by atoms with van der Waals surface area (Å²) in [5.74, 6) is 0.0797. The Hall–Kier alpha value is -1.40. The number of hydrogen-bond donors (Lipinski definition) is 2. The normalized spacial score (nSPS) is 22.9. The molecule has 6 heteroatoms. The second kappa shape index (κ2) is 7.69. The number of carbonyl (C=O) groups is 1. The molecule has 1 aromatic rings. The van der Waals surface area contributed by atoms with Crippen molar-refractivity contribution in [2.45, 2.75) is 62.0 Å². The number of sulfone groups is 1. The minimum atomic E-state index is -3.73. The Bertz CT molecular complexity index is 761. The molecule has 144 valence electrons. The number of aryl methyl sites for hydroxylation is 2. The van der Waals surface area contributed by atoms with Gasteiger partial charge in [-0.1, -0.05) is 25.0 Å². The van der Waals surface area contributed by atoms with E-state index >= 15 is 0 Å². The lowest BCUT2D eigenvalue weighted by molar-refractivity contribution is -0.123. The van der Waals surface area contributed by atoms with Crippen LogP contribution in [0, 0.1) is 19.8 Å². The highest BCUT2D eigenvalue weighted by molar-refractivity contribution is 7.93. The van der Waals surface area contributed by atoms with E-state index in [2.05, 4.69) is 10.6 Å². The maximum absolute atomic E-state index is 13.5. The molecule has 1 saturated heterocycles. The molecule has 1 heterocycles. The number of piperidine rings is 1. The Labute approximate surface area is 156 Å². The minimum Gasteiger partial charge on any atom is -0.354 e. The van der Waals surface area contributed by atoms with Gasteiger partial charge in [0.25, 0.3) is 0 Å². The van der Waals surface area contributed by atoms with Gasteiger partial charge in [0.05, 0.1) is 4.90 Å². The number of hydrogen-bond acceptors (Lipinski definition) is 4. The van der Waals surface area contributed by atoms with E-state index in [0.29, 0.717) is 35.8 Å². The maximum atomic E-state index is 13.5. The van der Waals surface area contributed by atoms with Gasteiger partial charge in [-0.2, -0.15) is 0 Å². The van der Waals surface area contributed by atoms with E-state index in [1.165, 1.54) is 0 Å². The zero-order chi connectivity index (χ0) is 18.8. The second-order valence-corrected chi connectivity index (χ2v) is 10.1. The molecular formula is C20H30N2O3S. The number of nitrogens with one attached hydrogen (secondary N) is 2. The summed E-state index contributed by atoms with van der Waals surface area (Å²) >= 11 is 0. The Morgan fingerprint density at radius 1 is 1.23 bits per heavy atom. The van der Waals surface area contributed by atoms with Crippen LogP contribution in [0.2, 0.25) is 0 Å². The third-order valence-corrected chi connectivity index (χ3v) is 8.56. The summed E-state index contributed by atoms with van der Waals surface area (Å²) in [6.45, 7) is 6.15. The van der Waals surface area contributed by atoms with Gasteiger partial charge in [0.1, 0.15) is 0 Å². The van der Waals surface area contributed by atoms with Crippen molar-refractivity contribution < 1.29 is 13.2 Å². The molecule has 1 aromatic carbocycles. The average Bonchev–Trinajstić information content (AvgIpc) is 3.14. The van der Waals surface area contributed by atoms with Gasteiger partial charge in [-0.15, -0.1) is 0 Å². The topological polar surface area (TPSA) is 75.3 Å². The predicted molar refractivity (Wildman–Crippen MR) is 103 cm³/mol. The second-order valence-electron chi connectivity index (χ2n) is 7.90. The first-order valence-corrected chi connectivity index (χ1v) is 11.2. The van der Waals surface area contributed by atoms with Crippen LogP contribution in [0.15, 0.2) is 23.1 Å². The van der Waals surface area contributed by atoms with Crippen molar-refractivity contribution >= 4 is 15.7 Å². The molecule has 0 radical (unpaired) electrons. The fraction of sp³-hybridized carbons (Fsp3) is 0.650. The van der Waals surface area contributed by atoms with Gasteiger partial charge in [-0.3, -0.25) is 4.79 Å². The van der Waals surface area contributed by atoms with Crippen molar-refractivity contribution in [3.63, 3.8) is 0 Å². The summed E-state index contributed by atoms with van der Waals surface area (Å²) in [7, 11) is -3.73. The van der Waals surface area contributed by atoms with Crippen LogP contribution < -0.4 is 10.6 Å². The van der Waals surface area contributed by atoms with Crippen molar-refractivity contribution in [1.82, 2.24) is 10.6 Å². The van der Waals surface area contributed by atoms with Crippen molar-refractivity contribution in [1.29, 1.82) is 0 Å². The zero-order valence-electron chi connectivity index (χ0n) is 15.8. The smallest absolute Gasteiger partial charge is 0.241 e. The first-order valence-electron chi connectivity index (χ1n) is 9.68. The summed E-state index contributed by atoms with van der Waals surface area (Å²) in [6, 6.07) is 5.45. The third-order valence-electron chi connectivity index (χ3n) is 5.92. The minimum absolute atomic E-state index is 0.304. The molecule has 1 atom stereocenters. The van der Waals surface area contributed by atoms with E-state index in [1.54, 1.807) is 13.0 Å². The molecule has 1 aliphatic heterocycles. The van der Waals surface area contributed by atoms with Gasteiger partial charge in [0, 0.05) is 6.54 Å². The highest BCUT2D eigenvalue weighted by Gasteiger charge is 2.53. The fourth-order valence-corrected chi connectivity index (χ4v) is 6.66. The Kier molecular flexibility index (Phi) is 5.72. The van der Waals surface area contributed by atoms with Gasteiger partial charge in [0.2, 0.25) is 5.91 Å². The van der Waals surface area contributed by atoms with Crippen molar-refractivity contribution in [2.24, 2.45) is 5.92 Å². The predicted octanol–water partition coefficient (Wildman–Crippen LogP) is 2.51. The molecule has 2 fully saturated rings. The molecule has 1 amide bonds. The molecule has 1 unspecified atom stereocenters. The van der Waals surface area contributed by atoms with E-state index in [4.69, 9.17) is 0 Å². The summed E-state index contributed by atoms with van der Waals surface area (Å²) in [4.78, 5) is 13.4. The maximum Gasteiger partial charge on any atom is 0.241 e. The molecule has 0 bridgehead atoms. The Morgan fingerprint density at radius 2 is 1.96 bits per heavy atom. The molecule has 26 heavy (non-hydrogen) atoms. The van der Waals surface area contributed by atoms with Crippen LogP contribution in [0.5, 0.6) is 0 Å². The Balaban J connectivity index is 1.86. The SMILES string of the molecule is Cc1ccc(C)c(S(=O)(=O)C2(C(=O)NCC3CCCNC3)CCCC2)c1.